The highest BCUT2D eigenvalue weighted by molar-refractivity contribution is 7.11. The summed E-state index contributed by atoms with van der Waals surface area (Å²) in [6, 6.07) is 2.03. The standard InChI is InChI=1S/C16H22N4O2S/c1-10-14(23-11(2)18-10)7-17-15-6-13(12-4-5-22-8-12)19-16(20-15)9-21-3/h6,12H,4-5,7-9H2,1-3H3,(H,17,19,20)/t12-/m1/s1. The molecule has 7 heteroatoms. The number of hydrogen-bond donors (Lipinski definition) is 1. The quantitative estimate of drug-likeness (QED) is 0.876. The van der Waals surface area contributed by atoms with E-state index in [-0.39, 0.29) is 0 Å². The highest BCUT2D eigenvalue weighted by Crippen LogP contribution is 2.26. The Labute approximate surface area is 140 Å². The highest BCUT2D eigenvalue weighted by atomic mass is 32.1. The number of thiazole rings is 1. The van der Waals surface area contributed by atoms with Gasteiger partial charge in [0.25, 0.3) is 0 Å². The summed E-state index contributed by atoms with van der Waals surface area (Å²) in [5, 5.41) is 4.49. The van der Waals surface area contributed by atoms with Crippen molar-refractivity contribution in [3.05, 3.63) is 33.2 Å². The van der Waals surface area contributed by atoms with Crippen molar-refractivity contribution in [1.29, 1.82) is 0 Å². The fraction of sp³-hybridized carbons (Fsp3) is 0.562. The van der Waals surface area contributed by atoms with Gasteiger partial charge in [0.15, 0.2) is 5.82 Å². The molecule has 6 nitrogen and oxygen atoms in total. The SMILES string of the molecule is COCc1nc(NCc2sc(C)nc2C)cc([C@@H]2CCOC2)n1. The number of aromatic nitrogens is 3. The molecule has 2 aromatic rings. The maximum absolute atomic E-state index is 5.48. The van der Waals surface area contributed by atoms with Crippen molar-refractivity contribution in [2.75, 3.05) is 25.6 Å². The van der Waals surface area contributed by atoms with Crippen LogP contribution in [-0.4, -0.2) is 35.3 Å². The van der Waals surface area contributed by atoms with Crippen molar-refractivity contribution >= 4 is 17.2 Å². The molecule has 23 heavy (non-hydrogen) atoms. The van der Waals surface area contributed by atoms with E-state index in [9.17, 15) is 0 Å². The second kappa shape index (κ2) is 7.33. The number of aryl methyl sites for hydroxylation is 2. The van der Waals surface area contributed by atoms with Crippen LogP contribution in [0.1, 0.15) is 39.4 Å². The number of ether oxygens (including phenoxy) is 2. The molecule has 124 valence electrons. The Balaban J connectivity index is 1.78. The Kier molecular flexibility index (Phi) is 5.20. The smallest absolute Gasteiger partial charge is 0.156 e. The van der Waals surface area contributed by atoms with Crippen LogP contribution in [0.2, 0.25) is 0 Å². The number of anilines is 1. The molecule has 0 spiro atoms. The molecule has 2 aromatic heterocycles. The van der Waals surface area contributed by atoms with E-state index in [2.05, 4.69) is 20.3 Å². The number of rotatable bonds is 6. The first-order valence-corrected chi connectivity index (χ1v) is 8.58. The summed E-state index contributed by atoms with van der Waals surface area (Å²) in [6.45, 7) is 6.74. The van der Waals surface area contributed by atoms with Crippen molar-refractivity contribution in [2.45, 2.75) is 39.3 Å². The van der Waals surface area contributed by atoms with Crippen LogP contribution in [0, 0.1) is 13.8 Å². The third kappa shape index (κ3) is 4.04. The second-order valence-corrected chi connectivity index (χ2v) is 6.97. The van der Waals surface area contributed by atoms with E-state index in [1.807, 2.05) is 19.9 Å². The van der Waals surface area contributed by atoms with Crippen LogP contribution in [0.4, 0.5) is 5.82 Å². The zero-order chi connectivity index (χ0) is 16.2. The van der Waals surface area contributed by atoms with Crippen LogP contribution in [0.25, 0.3) is 0 Å². The minimum atomic E-state index is 0.349. The molecule has 3 rings (SSSR count). The van der Waals surface area contributed by atoms with Gasteiger partial charge in [0.05, 0.1) is 29.5 Å². The van der Waals surface area contributed by atoms with E-state index < -0.39 is 0 Å². The maximum atomic E-state index is 5.48. The lowest BCUT2D eigenvalue weighted by Gasteiger charge is -2.12. The Bertz CT molecular complexity index is 668. The third-order valence-electron chi connectivity index (χ3n) is 3.84. The van der Waals surface area contributed by atoms with E-state index in [0.717, 1.165) is 48.4 Å². The van der Waals surface area contributed by atoms with Gasteiger partial charge in [0, 0.05) is 30.6 Å². The highest BCUT2D eigenvalue weighted by Gasteiger charge is 2.20. The Morgan fingerprint density at radius 1 is 1.35 bits per heavy atom. The molecule has 1 aliphatic heterocycles. The molecule has 0 radical (unpaired) electrons. The zero-order valence-electron chi connectivity index (χ0n) is 13.8. The average Bonchev–Trinajstić information content (AvgIpc) is 3.15. The summed E-state index contributed by atoms with van der Waals surface area (Å²) in [7, 11) is 1.66. The summed E-state index contributed by atoms with van der Waals surface area (Å²) in [5.74, 6) is 1.89. The van der Waals surface area contributed by atoms with Crippen LogP contribution < -0.4 is 5.32 Å². The third-order valence-corrected chi connectivity index (χ3v) is 4.92. The summed E-state index contributed by atoms with van der Waals surface area (Å²) in [5.41, 5.74) is 2.11. The molecule has 3 heterocycles. The van der Waals surface area contributed by atoms with Gasteiger partial charge in [0.1, 0.15) is 12.4 Å². The first-order chi connectivity index (χ1) is 11.2. The molecule has 1 N–H and O–H groups in total. The fourth-order valence-electron chi connectivity index (χ4n) is 2.69. The van der Waals surface area contributed by atoms with Gasteiger partial charge in [-0.3, -0.25) is 0 Å². The van der Waals surface area contributed by atoms with E-state index in [1.165, 1.54) is 4.88 Å². The summed E-state index contributed by atoms with van der Waals surface area (Å²) < 4.78 is 10.7. The Morgan fingerprint density at radius 2 is 2.22 bits per heavy atom. The topological polar surface area (TPSA) is 69.2 Å². The van der Waals surface area contributed by atoms with E-state index >= 15 is 0 Å². The first kappa shape index (κ1) is 16.3. The molecule has 0 unspecified atom stereocenters. The van der Waals surface area contributed by atoms with E-state index in [0.29, 0.717) is 18.3 Å². The van der Waals surface area contributed by atoms with Gasteiger partial charge in [-0.15, -0.1) is 11.3 Å². The molecule has 0 saturated carbocycles. The van der Waals surface area contributed by atoms with Crippen molar-refractivity contribution in [3.63, 3.8) is 0 Å². The van der Waals surface area contributed by atoms with Gasteiger partial charge in [0.2, 0.25) is 0 Å². The molecule has 1 fully saturated rings. The molecule has 0 aromatic carbocycles. The van der Waals surface area contributed by atoms with Gasteiger partial charge in [-0.2, -0.15) is 0 Å². The normalized spacial score (nSPS) is 17.6. The van der Waals surface area contributed by atoms with E-state index in [4.69, 9.17) is 9.47 Å². The predicted molar refractivity (Wildman–Crippen MR) is 89.8 cm³/mol. The molecule has 0 amide bonds. The van der Waals surface area contributed by atoms with Gasteiger partial charge >= 0.3 is 0 Å². The number of methoxy groups -OCH3 is 1. The van der Waals surface area contributed by atoms with Gasteiger partial charge in [-0.25, -0.2) is 15.0 Å². The monoisotopic (exact) mass is 334 g/mol. The molecule has 1 atom stereocenters. The minimum Gasteiger partial charge on any atom is -0.381 e. The Hall–Kier alpha value is -1.57. The van der Waals surface area contributed by atoms with Crippen LogP contribution in [-0.2, 0) is 22.6 Å². The molecule has 0 bridgehead atoms. The lowest BCUT2D eigenvalue weighted by Crippen LogP contribution is -2.10. The van der Waals surface area contributed by atoms with Crippen LogP contribution in [0.3, 0.4) is 0 Å². The largest absolute Gasteiger partial charge is 0.381 e. The number of hydrogen-bond acceptors (Lipinski definition) is 7. The van der Waals surface area contributed by atoms with Crippen molar-refractivity contribution in [3.8, 4) is 0 Å². The summed E-state index contributed by atoms with van der Waals surface area (Å²) in [6.07, 6.45) is 1.01. The molecule has 0 aliphatic carbocycles. The Morgan fingerprint density at radius 3 is 2.87 bits per heavy atom. The lowest BCUT2D eigenvalue weighted by atomic mass is 10.0. The zero-order valence-corrected chi connectivity index (χ0v) is 14.6. The van der Waals surface area contributed by atoms with Crippen LogP contribution >= 0.6 is 11.3 Å². The van der Waals surface area contributed by atoms with Gasteiger partial charge in [-0.1, -0.05) is 0 Å². The summed E-state index contributed by atoms with van der Waals surface area (Å²) in [4.78, 5) is 14.9. The summed E-state index contributed by atoms with van der Waals surface area (Å²) >= 11 is 1.72. The van der Waals surface area contributed by atoms with E-state index in [1.54, 1.807) is 18.4 Å². The van der Waals surface area contributed by atoms with Crippen molar-refractivity contribution in [2.24, 2.45) is 0 Å². The van der Waals surface area contributed by atoms with Gasteiger partial charge in [-0.05, 0) is 20.3 Å². The molecule has 1 saturated heterocycles. The average molecular weight is 334 g/mol. The minimum absolute atomic E-state index is 0.349. The molecular weight excluding hydrogens is 312 g/mol. The fourth-order valence-corrected chi connectivity index (χ4v) is 3.56. The van der Waals surface area contributed by atoms with Crippen LogP contribution in [0.15, 0.2) is 6.07 Å². The maximum Gasteiger partial charge on any atom is 0.156 e. The van der Waals surface area contributed by atoms with Crippen molar-refractivity contribution in [1.82, 2.24) is 15.0 Å². The number of nitrogens with one attached hydrogen (secondary N) is 1. The number of nitrogens with zero attached hydrogens (tertiary/aromatic N) is 3. The predicted octanol–water partition coefficient (Wildman–Crippen LogP) is 2.81. The second-order valence-electron chi connectivity index (χ2n) is 5.68. The molecular formula is C16H22N4O2S. The first-order valence-electron chi connectivity index (χ1n) is 7.77. The van der Waals surface area contributed by atoms with Crippen LogP contribution in [0.5, 0.6) is 0 Å². The van der Waals surface area contributed by atoms with Gasteiger partial charge < -0.3 is 14.8 Å². The van der Waals surface area contributed by atoms with Crippen molar-refractivity contribution < 1.29 is 9.47 Å². The lowest BCUT2D eigenvalue weighted by molar-refractivity contribution is 0.177. The molecule has 1 aliphatic rings.